The Bertz CT molecular complexity index is 955. The highest BCUT2D eigenvalue weighted by molar-refractivity contribution is 6.05. The first-order valence-corrected chi connectivity index (χ1v) is 12.7. The SMILES string of the molecule is C[C@H](CCC(=O)O)[C@H]1CC(=O)[C@@]2(C)C3=C(C(=O)C[C@]12C)[C@@]1(C)CC[C@H](O)[C@@](C)(CO)[C@@H]1C[C@@H]3O. The molecule has 0 aromatic heterocycles. The molecule has 0 amide bonds. The van der Waals surface area contributed by atoms with Crippen molar-refractivity contribution >= 4 is 17.5 Å². The number of aliphatic carboxylic acids is 1. The minimum Gasteiger partial charge on any atom is -0.481 e. The molecular weight excluding hydrogens is 436 g/mol. The molecule has 0 aromatic carbocycles. The third-order valence-corrected chi connectivity index (χ3v) is 11.0. The Morgan fingerprint density at radius 2 is 1.79 bits per heavy atom. The summed E-state index contributed by atoms with van der Waals surface area (Å²) in [6.45, 7) is 9.43. The van der Waals surface area contributed by atoms with Crippen molar-refractivity contribution in [2.75, 3.05) is 6.61 Å². The molecule has 7 nitrogen and oxygen atoms in total. The predicted molar refractivity (Wildman–Crippen MR) is 125 cm³/mol. The first-order chi connectivity index (χ1) is 15.7. The van der Waals surface area contributed by atoms with Crippen LogP contribution in [0.25, 0.3) is 0 Å². The van der Waals surface area contributed by atoms with Crippen molar-refractivity contribution in [2.45, 2.75) is 91.8 Å². The lowest BCUT2D eigenvalue weighted by Gasteiger charge is -2.62. The molecule has 9 atom stereocenters. The fourth-order valence-electron chi connectivity index (χ4n) is 8.70. The van der Waals surface area contributed by atoms with Gasteiger partial charge in [0.2, 0.25) is 0 Å². The van der Waals surface area contributed by atoms with Gasteiger partial charge in [-0.3, -0.25) is 14.4 Å². The van der Waals surface area contributed by atoms with Gasteiger partial charge in [0.1, 0.15) is 5.78 Å². The number of carbonyl (C=O) groups excluding carboxylic acids is 2. The average molecular weight is 477 g/mol. The van der Waals surface area contributed by atoms with Gasteiger partial charge in [-0.05, 0) is 66.8 Å². The van der Waals surface area contributed by atoms with Crippen molar-refractivity contribution in [1.29, 1.82) is 0 Å². The van der Waals surface area contributed by atoms with Crippen LogP contribution in [-0.4, -0.2) is 56.8 Å². The van der Waals surface area contributed by atoms with Crippen LogP contribution in [0.5, 0.6) is 0 Å². The predicted octanol–water partition coefficient (Wildman–Crippen LogP) is 2.90. The van der Waals surface area contributed by atoms with Crippen molar-refractivity contribution in [3.05, 3.63) is 11.1 Å². The molecule has 0 unspecified atom stereocenters. The first kappa shape index (κ1) is 25.5. The molecule has 0 saturated heterocycles. The van der Waals surface area contributed by atoms with E-state index in [2.05, 4.69) is 0 Å². The third kappa shape index (κ3) is 3.09. The molecule has 4 rings (SSSR count). The number of hydrogen-bond donors (Lipinski definition) is 4. The van der Waals surface area contributed by atoms with E-state index in [1.807, 2.05) is 34.6 Å². The molecule has 190 valence electrons. The van der Waals surface area contributed by atoms with Gasteiger partial charge in [0.05, 0.1) is 24.2 Å². The molecule has 4 N–H and O–H groups in total. The summed E-state index contributed by atoms with van der Waals surface area (Å²) in [5, 5.41) is 41.7. The lowest BCUT2D eigenvalue weighted by atomic mass is 9.42. The highest BCUT2D eigenvalue weighted by atomic mass is 16.4. The van der Waals surface area contributed by atoms with Gasteiger partial charge in [-0.2, -0.15) is 0 Å². The highest BCUT2D eigenvalue weighted by Gasteiger charge is 2.70. The van der Waals surface area contributed by atoms with E-state index < -0.39 is 39.8 Å². The summed E-state index contributed by atoms with van der Waals surface area (Å²) >= 11 is 0. The van der Waals surface area contributed by atoms with E-state index in [-0.39, 0.29) is 61.6 Å². The second-order valence-electron chi connectivity index (χ2n) is 12.5. The molecule has 0 aliphatic heterocycles. The van der Waals surface area contributed by atoms with Gasteiger partial charge >= 0.3 is 5.97 Å². The summed E-state index contributed by atoms with van der Waals surface area (Å²) in [6, 6.07) is 0. The van der Waals surface area contributed by atoms with Crippen LogP contribution < -0.4 is 0 Å². The molecule has 34 heavy (non-hydrogen) atoms. The van der Waals surface area contributed by atoms with E-state index in [1.165, 1.54) is 0 Å². The number of carbonyl (C=O) groups is 3. The molecule has 0 radical (unpaired) electrons. The van der Waals surface area contributed by atoms with Gasteiger partial charge in [0.25, 0.3) is 0 Å². The van der Waals surface area contributed by atoms with Gasteiger partial charge in [-0.25, -0.2) is 0 Å². The maximum atomic E-state index is 13.9. The fourth-order valence-corrected chi connectivity index (χ4v) is 8.70. The van der Waals surface area contributed by atoms with Crippen LogP contribution in [0, 0.1) is 39.4 Å². The monoisotopic (exact) mass is 476 g/mol. The van der Waals surface area contributed by atoms with Gasteiger partial charge in [-0.1, -0.05) is 27.7 Å². The second-order valence-corrected chi connectivity index (χ2v) is 12.5. The Morgan fingerprint density at radius 3 is 2.38 bits per heavy atom. The molecule has 0 spiro atoms. The molecular formula is C27H40O7. The smallest absolute Gasteiger partial charge is 0.303 e. The standard InChI is InChI=1S/C27H40O7/c1-14(6-7-21(33)34)15-10-20(32)27(5)23-16(29)11-18-24(2,9-8-19(31)25(18,3)13-28)22(23)17(30)12-26(15,27)4/h14-16,18-19,28-29,31H,6-13H2,1-5H3,(H,33,34)/t14-,15-,16+,18-,19+,24+,25+,26-,27+/m1/s1. The van der Waals surface area contributed by atoms with E-state index in [9.17, 15) is 29.7 Å². The Morgan fingerprint density at radius 1 is 1.15 bits per heavy atom. The van der Waals surface area contributed by atoms with Gasteiger partial charge < -0.3 is 20.4 Å². The topological polar surface area (TPSA) is 132 Å². The third-order valence-electron chi connectivity index (χ3n) is 11.0. The van der Waals surface area contributed by atoms with E-state index >= 15 is 0 Å². The van der Waals surface area contributed by atoms with Crippen molar-refractivity contribution in [1.82, 2.24) is 0 Å². The lowest BCUT2D eigenvalue weighted by Crippen LogP contribution is -2.62. The molecule has 4 aliphatic carbocycles. The van der Waals surface area contributed by atoms with Crippen LogP contribution in [0.15, 0.2) is 11.1 Å². The van der Waals surface area contributed by atoms with Crippen LogP contribution in [-0.2, 0) is 14.4 Å². The quantitative estimate of drug-likeness (QED) is 0.480. The zero-order valence-corrected chi connectivity index (χ0v) is 21.1. The van der Waals surface area contributed by atoms with Crippen LogP contribution in [0.1, 0.15) is 79.6 Å². The van der Waals surface area contributed by atoms with E-state index in [1.54, 1.807) is 0 Å². The number of carboxylic acid groups (broad SMARTS) is 1. The number of hydrogen-bond acceptors (Lipinski definition) is 6. The minimum atomic E-state index is -1.00. The minimum absolute atomic E-state index is 0.0176. The van der Waals surface area contributed by atoms with Gasteiger partial charge in [-0.15, -0.1) is 0 Å². The molecule has 2 fully saturated rings. The summed E-state index contributed by atoms with van der Waals surface area (Å²) in [5.41, 5.74) is -2.08. The highest BCUT2D eigenvalue weighted by Crippen LogP contribution is 2.70. The fraction of sp³-hybridized carbons (Fsp3) is 0.815. The van der Waals surface area contributed by atoms with Crippen molar-refractivity contribution < 1.29 is 34.8 Å². The molecule has 0 heterocycles. The van der Waals surface area contributed by atoms with Crippen LogP contribution in [0.3, 0.4) is 0 Å². The van der Waals surface area contributed by atoms with E-state index in [4.69, 9.17) is 5.11 Å². The Balaban J connectivity index is 1.85. The number of ketones is 2. The number of rotatable bonds is 5. The number of Topliss-reactive ketones (excluding diaryl/α,β-unsaturated/α-hetero) is 2. The number of carboxylic acids is 1. The summed E-state index contributed by atoms with van der Waals surface area (Å²) in [5.74, 6) is -1.39. The maximum Gasteiger partial charge on any atom is 0.303 e. The zero-order chi connectivity index (χ0) is 25.4. The van der Waals surface area contributed by atoms with E-state index in [0.29, 0.717) is 30.4 Å². The number of allylic oxidation sites excluding steroid dienone is 1. The van der Waals surface area contributed by atoms with Crippen molar-refractivity contribution in [2.24, 2.45) is 39.4 Å². The van der Waals surface area contributed by atoms with Gasteiger partial charge in [0.15, 0.2) is 5.78 Å². The Kier molecular flexibility index (Phi) is 5.98. The summed E-state index contributed by atoms with van der Waals surface area (Å²) in [4.78, 5) is 38.9. The average Bonchev–Trinajstić information content (AvgIpc) is 2.97. The molecule has 7 heteroatoms. The Labute approximate surface area is 201 Å². The lowest BCUT2D eigenvalue weighted by molar-refractivity contribution is -0.151. The van der Waals surface area contributed by atoms with Crippen molar-refractivity contribution in [3.8, 4) is 0 Å². The Hall–Kier alpha value is -1.57. The number of aliphatic hydroxyl groups is 3. The number of fused-ring (bicyclic) bond motifs is 4. The van der Waals surface area contributed by atoms with Gasteiger partial charge in [0, 0.05) is 30.3 Å². The summed E-state index contributed by atoms with van der Waals surface area (Å²) in [7, 11) is 0. The zero-order valence-electron chi connectivity index (χ0n) is 21.1. The maximum absolute atomic E-state index is 13.9. The first-order valence-electron chi connectivity index (χ1n) is 12.7. The second kappa shape index (κ2) is 7.97. The normalized spacial score (nSPS) is 47.2. The summed E-state index contributed by atoms with van der Waals surface area (Å²) < 4.78 is 0. The van der Waals surface area contributed by atoms with E-state index in [0.717, 1.165) is 0 Å². The number of aliphatic hydroxyl groups excluding tert-OH is 3. The molecule has 4 aliphatic rings. The van der Waals surface area contributed by atoms with Crippen LogP contribution in [0.4, 0.5) is 0 Å². The molecule has 0 bridgehead atoms. The molecule has 0 aromatic rings. The van der Waals surface area contributed by atoms with Crippen molar-refractivity contribution in [3.63, 3.8) is 0 Å². The van der Waals surface area contributed by atoms with Crippen LogP contribution in [0.2, 0.25) is 0 Å². The van der Waals surface area contributed by atoms with Crippen LogP contribution >= 0.6 is 0 Å². The molecule has 2 saturated carbocycles. The summed E-state index contributed by atoms with van der Waals surface area (Å²) in [6.07, 6.45) is 0.480. The largest absolute Gasteiger partial charge is 0.481 e.